The van der Waals surface area contributed by atoms with E-state index in [0.717, 1.165) is 0 Å². The van der Waals surface area contributed by atoms with Crippen LogP contribution in [0.25, 0.3) is 16.5 Å². The Hall–Kier alpha value is -1.92. The third-order valence-electron chi connectivity index (χ3n) is 2.19. The van der Waals surface area contributed by atoms with Crippen molar-refractivity contribution in [1.29, 1.82) is 0 Å². The maximum absolute atomic E-state index is 10.9. The lowest BCUT2D eigenvalue weighted by Gasteiger charge is -2.05. The van der Waals surface area contributed by atoms with Crippen molar-refractivity contribution in [2.75, 3.05) is 0 Å². The molecule has 88 valence electrons. The maximum atomic E-state index is 10.9. The average molecular weight is 250 g/mol. The van der Waals surface area contributed by atoms with Crippen LogP contribution in [-0.2, 0) is 10.0 Å². The van der Waals surface area contributed by atoms with Crippen molar-refractivity contribution in [2.24, 2.45) is 0 Å². The van der Waals surface area contributed by atoms with E-state index in [1.54, 1.807) is 6.07 Å². The van der Waals surface area contributed by atoms with E-state index < -0.39 is 10.0 Å². The number of carbonyl (C=O) groups is 1. The molecule has 0 aliphatic carbocycles. The minimum Gasteiger partial charge on any atom is -0.560 e. The van der Waals surface area contributed by atoms with Gasteiger partial charge in [-0.25, -0.2) is 8.42 Å². The second-order valence-corrected chi connectivity index (χ2v) is 4.83. The second-order valence-electron chi connectivity index (χ2n) is 3.35. The molecular weight excluding hydrogens is 242 g/mol. The van der Waals surface area contributed by atoms with Gasteiger partial charge in [0, 0.05) is 10.5 Å². The lowest BCUT2D eigenvalue weighted by atomic mass is 10.2. The molecular formula is C11H8NO4S-. The van der Waals surface area contributed by atoms with Gasteiger partial charge in [-0.1, -0.05) is 12.1 Å². The summed E-state index contributed by atoms with van der Waals surface area (Å²) in [4.78, 5) is 10.4. The van der Waals surface area contributed by atoms with Gasteiger partial charge in [-0.15, -0.1) is 0 Å². The fourth-order valence-corrected chi connectivity index (χ4v) is 1.86. The third-order valence-corrected chi connectivity index (χ3v) is 3.08. The van der Waals surface area contributed by atoms with Crippen molar-refractivity contribution in [3.8, 4) is 11.3 Å². The topological polar surface area (TPSA) is 88.2 Å². The van der Waals surface area contributed by atoms with Crippen LogP contribution in [0.4, 0.5) is 0 Å². The van der Waals surface area contributed by atoms with Gasteiger partial charge < -0.3 is 9.56 Å². The predicted molar refractivity (Wildman–Crippen MR) is 61.0 cm³/mol. The van der Waals surface area contributed by atoms with Crippen LogP contribution in [0, 0.1) is 0 Å². The largest absolute Gasteiger partial charge is 0.560 e. The van der Waals surface area contributed by atoms with Crippen LogP contribution >= 0.6 is 0 Å². The number of hydrogen-bond donors (Lipinski definition) is 0. The van der Waals surface area contributed by atoms with Crippen molar-refractivity contribution in [1.82, 2.24) is 0 Å². The summed E-state index contributed by atoms with van der Waals surface area (Å²) in [5.74, 6) is 0.679. The molecule has 0 aliphatic heterocycles. The van der Waals surface area contributed by atoms with Crippen molar-refractivity contribution < 1.29 is 17.6 Å². The predicted octanol–water partition coefficient (Wildman–Crippen LogP) is 2.50. The van der Waals surface area contributed by atoms with Gasteiger partial charge in [0.1, 0.15) is 5.76 Å². The molecule has 2 aromatic rings. The van der Waals surface area contributed by atoms with E-state index in [-0.39, 0.29) is 10.7 Å². The highest BCUT2D eigenvalue weighted by Gasteiger charge is 2.05. The minimum absolute atomic E-state index is 0.0802. The first-order valence-electron chi connectivity index (χ1n) is 4.66. The summed E-state index contributed by atoms with van der Waals surface area (Å²) in [6, 6.07) is 8.83. The molecule has 0 fully saturated rings. The fraction of sp³-hybridized carbons (Fsp3) is 0. The van der Waals surface area contributed by atoms with Gasteiger partial charge in [-0.3, -0.25) is 4.79 Å². The van der Waals surface area contributed by atoms with Gasteiger partial charge in [0.05, 0.1) is 10.0 Å². The van der Waals surface area contributed by atoms with Crippen LogP contribution in [0.15, 0.2) is 45.7 Å². The molecule has 0 amide bonds. The summed E-state index contributed by atoms with van der Waals surface area (Å²) >= 11 is 0. The minimum atomic E-state index is -3.94. The zero-order valence-corrected chi connectivity index (χ0v) is 9.40. The SMILES string of the molecule is [NH-]S(=O)(=O)c1ccc(-c2ccc(C=O)o2)cc1. The van der Waals surface area contributed by atoms with Crippen LogP contribution in [0.3, 0.4) is 0 Å². The highest BCUT2D eigenvalue weighted by molar-refractivity contribution is 7.93. The highest BCUT2D eigenvalue weighted by atomic mass is 32.2. The van der Waals surface area contributed by atoms with Crippen LogP contribution < -0.4 is 0 Å². The standard InChI is InChI=1S/C11H8NO4S/c12-17(14,15)10-4-1-8(2-5-10)11-6-3-9(7-13)16-11/h1-7H,(H-,12,14,15)/q-1. The average Bonchev–Trinajstić information content (AvgIpc) is 2.76. The molecule has 0 spiro atoms. The summed E-state index contributed by atoms with van der Waals surface area (Å²) in [5.41, 5.74) is 0.644. The van der Waals surface area contributed by atoms with Gasteiger partial charge in [-0.2, -0.15) is 0 Å². The van der Waals surface area contributed by atoms with Gasteiger partial charge in [0.2, 0.25) is 0 Å². The summed E-state index contributed by atoms with van der Waals surface area (Å²) in [5, 5.41) is 6.88. The summed E-state index contributed by atoms with van der Waals surface area (Å²) in [7, 11) is -3.94. The first-order valence-corrected chi connectivity index (χ1v) is 6.14. The summed E-state index contributed by atoms with van der Waals surface area (Å²) < 4.78 is 27.0. The second kappa shape index (κ2) is 4.15. The lowest BCUT2D eigenvalue weighted by Crippen LogP contribution is -1.91. The van der Waals surface area contributed by atoms with Crippen molar-refractivity contribution in [3.05, 3.63) is 47.3 Å². The molecule has 0 aliphatic rings. The quantitative estimate of drug-likeness (QED) is 0.783. The molecule has 1 aromatic carbocycles. The molecule has 0 radical (unpaired) electrons. The molecule has 0 unspecified atom stereocenters. The number of carbonyl (C=O) groups excluding carboxylic acids is 1. The van der Waals surface area contributed by atoms with E-state index in [0.29, 0.717) is 17.6 Å². The lowest BCUT2D eigenvalue weighted by molar-refractivity contribution is 0.110. The number of benzene rings is 1. The van der Waals surface area contributed by atoms with Gasteiger partial charge in [0.15, 0.2) is 12.0 Å². The molecule has 1 aromatic heterocycles. The zero-order valence-electron chi connectivity index (χ0n) is 8.58. The fourth-order valence-electron chi connectivity index (χ4n) is 1.37. The molecule has 0 saturated heterocycles. The molecule has 17 heavy (non-hydrogen) atoms. The van der Waals surface area contributed by atoms with Crippen molar-refractivity contribution >= 4 is 16.3 Å². The van der Waals surface area contributed by atoms with E-state index >= 15 is 0 Å². The molecule has 2 rings (SSSR count). The van der Waals surface area contributed by atoms with E-state index in [4.69, 9.17) is 9.56 Å². The monoisotopic (exact) mass is 250 g/mol. The van der Waals surface area contributed by atoms with Gasteiger partial charge in [0.25, 0.3) is 0 Å². The van der Waals surface area contributed by atoms with Crippen LogP contribution in [0.2, 0.25) is 0 Å². The Morgan fingerprint density at radius 3 is 2.18 bits per heavy atom. The van der Waals surface area contributed by atoms with Crippen LogP contribution in [-0.4, -0.2) is 14.7 Å². The van der Waals surface area contributed by atoms with Crippen LogP contribution in [0.5, 0.6) is 0 Å². The Kier molecular flexibility index (Phi) is 2.83. The van der Waals surface area contributed by atoms with Crippen molar-refractivity contribution in [2.45, 2.75) is 4.90 Å². The normalized spacial score (nSPS) is 11.4. The van der Waals surface area contributed by atoms with Crippen molar-refractivity contribution in [3.63, 3.8) is 0 Å². The summed E-state index contributed by atoms with van der Waals surface area (Å²) in [6.45, 7) is 0. The zero-order chi connectivity index (χ0) is 12.5. The number of furan rings is 1. The molecule has 1 N–H and O–H groups in total. The first kappa shape index (κ1) is 11.6. The van der Waals surface area contributed by atoms with Gasteiger partial charge in [-0.05, 0) is 24.3 Å². The molecule has 0 saturated carbocycles. The summed E-state index contributed by atoms with van der Waals surface area (Å²) in [6.07, 6.45) is 0.589. The number of nitrogens with one attached hydrogen (secondary N) is 1. The third kappa shape index (κ3) is 2.43. The number of sulfonamides is 1. The Morgan fingerprint density at radius 2 is 1.71 bits per heavy atom. The smallest absolute Gasteiger partial charge is 0.185 e. The Labute approximate surface area is 97.9 Å². The number of rotatable bonds is 3. The van der Waals surface area contributed by atoms with E-state index in [1.807, 2.05) is 0 Å². The van der Waals surface area contributed by atoms with E-state index in [9.17, 15) is 13.2 Å². The maximum Gasteiger partial charge on any atom is 0.185 e. The Bertz CT molecular complexity index is 640. The Morgan fingerprint density at radius 1 is 1.06 bits per heavy atom. The Balaban J connectivity index is 2.38. The first-order chi connectivity index (χ1) is 8.00. The number of hydrogen-bond acceptors (Lipinski definition) is 4. The highest BCUT2D eigenvalue weighted by Crippen LogP contribution is 2.23. The molecule has 0 bridgehead atoms. The van der Waals surface area contributed by atoms with Crippen LogP contribution in [0.1, 0.15) is 10.6 Å². The molecule has 6 heteroatoms. The van der Waals surface area contributed by atoms with E-state index in [2.05, 4.69) is 0 Å². The molecule has 5 nitrogen and oxygen atoms in total. The molecule has 0 atom stereocenters. The number of aldehydes is 1. The molecule has 1 heterocycles. The van der Waals surface area contributed by atoms with E-state index in [1.165, 1.54) is 30.3 Å². The van der Waals surface area contributed by atoms with Gasteiger partial charge >= 0.3 is 0 Å².